The van der Waals surface area contributed by atoms with E-state index in [4.69, 9.17) is 5.73 Å². The van der Waals surface area contributed by atoms with E-state index in [1.54, 1.807) is 6.92 Å². The molecule has 0 aliphatic carbocycles. The molecule has 1 aliphatic heterocycles. The topological polar surface area (TPSA) is 84.2 Å². The van der Waals surface area contributed by atoms with Crippen LogP contribution in [-0.4, -0.2) is 17.9 Å². The van der Waals surface area contributed by atoms with Crippen molar-refractivity contribution in [2.24, 2.45) is 5.73 Å². The Kier molecular flexibility index (Phi) is 3.17. The van der Waals surface area contributed by atoms with Crippen LogP contribution >= 0.6 is 15.9 Å². The molecule has 4 N–H and O–H groups in total. The number of anilines is 1. The number of rotatable bonds is 3. The van der Waals surface area contributed by atoms with Crippen molar-refractivity contribution in [2.75, 3.05) is 5.32 Å². The van der Waals surface area contributed by atoms with Gasteiger partial charge >= 0.3 is 0 Å². The minimum atomic E-state index is -0.566. The van der Waals surface area contributed by atoms with Crippen LogP contribution in [0.2, 0.25) is 0 Å². The van der Waals surface area contributed by atoms with Crippen molar-refractivity contribution < 1.29 is 9.59 Å². The molecule has 0 bridgehead atoms. The van der Waals surface area contributed by atoms with Crippen molar-refractivity contribution in [3.8, 4) is 0 Å². The van der Waals surface area contributed by atoms with Gasteiger partial charge in [0.15, 0.2) is 0 Å². The molecule has 1 aromatic rings. The molecular formula is C11H12BrN3O2. The fraction of sp³-hybridized carbons (Fsp3) is 0.273. The first kappa shape index (κ1) is 12.1. The number of nitrogens with one attached hydrogen (secondary N) is 2. The van der Waals surface area contributed by atoms with Crippen molar-refractivity contribution in [1.82, 2.24) is 5.32 Å². The molecule has 1 aliphatic rings. The monoisotopic (exact) mass is 297 g/mol. The summed E-state index contributed by atoms with van der Waals surface area (Å²) in [4.78, 5) is 22.8. The summed E-state index contributed by atoms with van der Waals surface area (Å²) in [5, 5.41) is 5.66. The van der Waals surface area contributed by atoms with Gasteiger partial charge in [0.05, 0.1) is 6.04 Å². The number of hydrogen-bond donors (Lipinski definition) is 3. The van der Waals surface area contributed by atoms with E-state index in [0.29, 0.717) is 0 Å². The zero-order valence-corrected chi connectivity index (χ0v) is 10.7. The van der Waals surface area contributed by atoms with Crippen LogP contribution in [0, 0.1) is 0 Å². The Bertz CT molecular complexity index is 490. The fourth-order valence-corrected chi connectivity index (χ4v) is 2.36. The number of amides is 2. The lowest BCUT2D eigenvalue weighted by atomic mass is 10.1. The highest BCUT2D eigenvalue weighted by Crippen LogP contribution is 2.36. The van der Waals surface area contributed by atoms with Crippen molar-refractivity contribution in [2.45, 2.75) is 19.0 Å². The van der Waals surface area contributed by atoms with Crippen LogP contribution < -0.4 is 16.4 Å². The smallest absolute Gasteiger partial charge is 0.246 e. The molecule has 17 heavy (non-hydrogen) atoms. The number of carbonyl (C=O) groups is 2. The second-order valence-corrected chi connectivity index (χ2v) is 4.77. The first-order valence-electron chi connectivity index (χ1n) is 5.15. The second-order valence-electron chi connectivity index (χ2n) is 3.91. The lowest BCUT2D eigenvalue weighted by molar-refractivity contribution is -0.121. The third-order valence-corrected chi connectivity index (χ3v) is 3.40. The molecule has 2 rings (SSSR count). The van der Waals surface area contributed by atoms with E-state index in [1.807, 2.05) is 18.2 Å². The molecule has 5 nitrogen and oxygen atoms in total. The standard InChI is InChI=1S/C11H12BrN3O2/c1-5(10(13)16)14-9-8-6(12)3-2-4-7(8)15-11(9)17/h2-5,9,14H,1H3,(H2,13,16)(H,15,17). The van der Waals surface area contributed by atoms with Gasteiger partial charge in [-0.2, -0.15) is 0 Å². The van der Waals surface area contributed by atoms with Gasteiger partial charge in [0.2, 0.25) is 11.8 Å². The molecule has 90 valence electrons. The zero-order valence-electron chi connectivity index (χ0n) is 9.16. The number of nitrogens with two attached hydrogens (primary N) is 1. The Hall–Kier alpha value is -1.40. The van der Waals surface area contributed by atoms with Gasteiger partial charge in [0.1, 0.15) is 6.04 Å². The molecule has 0 fully saturated rings. The summed E-state index contributed by atoms with van der Waals surface area (Å²) in [6.07, 6.45) is 0. The van der Waals surface area contributed by atoms with E-state index >= 15 is 0 Å². The van der Waals surface area contributed by atoms with E-state index in [-0.39, 0.29) is 5.91 Å². The number of hydrogen-bond acceptors (Lipinski definition) is 3. The molecule has 0 spiro atoms. The number of fused-ring (bicyclic) bond motifs is 1. The van der Waals surface area contributed by atoms with Gasteiger partial charge in [-0.1, -0.05) is 22.0 Å². The Balaban J connectivity index is 2.31. The SMILES string of the molecule is CC(NC1C(=O)Nc2cccc(Br)c21)C(N)=O. The maximum absolute atomic E-state index is 11.8. The fourth-order valence-electron chi connectivity index (χ4n) is 1.77. The second kappa shape index (κ2) is 4.46. The van der Waals surface area contributed by atoms with Crippen LogP contribution in [0.1, 0.15) is 18.5 Å². The predicted octanol–water partition coefficient (Wildman–Crippen LogP) is 0.906. The normalized spacial score (nSPS) is 19.6. The highest BCUT2D eigenvalue weighted by Gasteiger charge is 2.33. The van der Waals surface area contributed by atoms with Gasteiger partial charge in [-0.3, -0.25) is 14.9 Å². The summed E-state index contributed by atoms with van der Waals surface area (Å²) >= 11 is 3.39. The molecule has 1 aromatic carbocycles. The Morgan fingerprint density at radius 1 is 1.59 bits per heavy atom. The van der Waals surface area contributed by atoms with Crippen LogP contribution in [0.4, 0.5) is 5.69 Å². The summed E-state index contributed by atoms with van der Waals surface area (Å²) < 4.78 is 0.822. The average molecular weight is 298 g/mol. The van der Waals surface area contributed by atoms with Gasteiger partial charge in [0.25, 0.3) is 0 Å². The first-order chi connectivity index (χ1) is 8.00. The lowest BCUT2D eigenvalue weighted by Crippen LogP contribution is -2.42. The van der Waals surface area contributed by atoms with Gasteiger partial charge in [-0.05, 0) is 19.1 Å². The number of primary amides is 1. The maximum Gasteiger partial charge on any atom is 0.246 e. The number of halogens is 1. The third kappa shape index (κ3) is 2.18. The van der Waals surface area contributed by atoms with Crippen molar-refractivity contribution in [3.05, 3.63) is 28.2 Å². The number of benzene rings is 1. The number of carbonyl (C=O) groups excluding carboxylic acids is 2. The molecule has 2 unspecified atom stereocenters. The quantitative estimate of drug-likeness (QED) is 0.775. The third-order valence-electron chi connectivity index (χ3n) is 2.71. The van der Waals surface area contributed by atoms with Crippen LogP contribution in [0.3, 0.4) is 0 Å². The largest absolute Gasteiger partial charge is 0.368 e. The van der Waals surface area contributed by atoms with Crippen molar-refractivity contribution >= 4 is 33.4 Å². The van der Waals surface area contributed by atoms with Gasteiger partial charge < -0.3 is 11.1 Å². The van der Waals surface area contributed by atoms with E-state index in [2.05, 4.69) is 26.6 Å². The molecule has 2 atom stereocenters. The highest BCUT2D eigenvalue weighted by atomic mass is 79.9. The van der Waals surface area contributed by atoms with Gasteiger partial charge in [-0.15, -0.1) is 0 Å². The van der Waals surface area contributed by atoms with E-state index < -0.39 is 18.0 Å². The molecule has 1 heterocycles. The molecule has 0 aromatic heterocycles. The van der Waals surface area contributed by atoms with Crippen LogP contribution in [0.25, 0.3) is 0 Å². The maximum atomic E-state index is 11.8. The molecule has 2 amide bonds. The van der Waals surface area contributed by atoms with E-state index in [1.165, 1.54) is 0 Å². The first-order valence-corrected chi connectivity index (χ1v) is 5.94. The van der Waals surface area contributed by atoms with Crippen molar-refractivity contribution in [1.29, 1.82) is 0 Å². The molecule has 6 heteroatoms. The van der Waals surface area contributed by atoms with Crippen LogP contribution in [0.5, 0.6) is 0 Å². The lowest BCUT2D eigenvalue weighted by Gasteiger charge is -2.16. The van der Waals surface area contributed by atoms with E-state index in [0.717, 1.165) is 15.7 Å². The average Bonchev–Trinajstić information content (AvgIpc) is 2.56. The predicted molar refractivity (Wildman–Crippen MR) is 67.3 cm³/mol. The summed E-state index contributed by atoms with van der Waals surface area (Å²) in [5.41, 5.74) is 6.73. The zero-order chi connectivity index (χ0) is 12.6. The summed E-state index contributed by atoms with van der Waals surface area (Å²) in [7, 11) is 0. The van der Waals surface area contributed by atoms with Crippen LogP contribution in [0.15, 0.2) is 22.7 Å². The molecule has 0 saturated carbocycles. The van der Waals surface area contributed by atoms with Gasteiger partial charge in [-0.25, -0.2) is 0 Å². The molecular weight excluding hydrogens is 286 g/mol. The Morgan fingerprint density at radius 2 is 2.29 bits per heavy atom. The highest BCUT2D eigenvalue weighted by molar-refractivity contribution is 9.10. The summed E-state index contributed by atoms with van der Waals surface area (Å²) in [6, 6.07) is 4.38. The Morgan fingerprint density at radius 3 is 2.94 bits per heavy atom. The van der Waals surface area contributed by atoms with Gasteiger partial charge in [0, 0.05) is 15.7 Å². The Labute approximate surface area is 107 Å². The summed E-state index contributed by atoms with van der Waals surface area (Å²) in [6.45, 7) is 1.63. The minimum Gasteiger partial charge on any atom is -0.368 e. The van der Waals surface area contributed by atoms with Crippen molar-refractivity contribution in [3.63, 3.8) is 0 Å². The van der Waals surface area contributed by atoms with E-state index in [9.17, 15) is 9.59 Å². The molecule has 0 radical (unpaired) electrons. The minimum absolute atomic E-state index is 0.181. The summed E-state index contributed by atoms with van der Waals surface area (Å²) in [5.74, 6) is -0.668. The van der Waals surface area contributed by atoms with Crippen LogP contribution in [-0.2, 0) is 9.59 Å². The molecule has 0 saturated heterocycles.